The minimum atomic E-state index is 0.628. The SMILES string of the molecule is Clc1ccc(Cl)c2c(N3CCNCC3)c(Br)cnc12. The van der Waals surface area contributed by atoms with Crippen LogP contribution in [-0.4, -0.2) is 31.2 Å². The zero-order valence-electron chi connectivity index (χ0n) is 10.1. The summed E-state index contributed by atoms with van der Waals surface area (Å²) in [4.78, 5) is 6.70. The summed E-state index contributed by atoms with van der Waals surface area (Å²) in [7, 11) is 0. The lowest BCUT2D eigenvalue weighted by atomic mass is 10.1. The predicted molar refractivity (Wildman–Crippen MR) is 84.5 cm³/mol. The third-order valence-electron chi connectivity index (χ3n) is 3.28. The molecule has 0 radical (unpaired) electrons. The van der Waals surface area contributed by atoms with E-state index in [0.29, 0.717) is 10.0 Å². The molecule has 1 saturated heterocycles. The number of fused-ring (bicyclic) bond motifs is 1. The Morgan fingerprint density at radius 3 is 2.58 bits per heavy atom. The third-order valence-corrected chi connectivity index (χ3v) is 4.48. The topological polar surface area (TPSA) is 28.2 Å². The molecule has 1 N–H and O–H groups in total. The Bertz CT molecular complexity index is 627. The van der Waals surface area contributed by atoms with E-state index in [0.717, 1.165) is 47.2 Å². The van der Waals surface area contributed by atoms with Crippen molar-refractivity contribution in [2.45, 2.75) is 0 Å². The van der Waals surface area contributed by atoms with Gasteiger partial charge >= 0.3 is 0 Å². The summed E-state index contributed by atoms with van der Waals surface area (Å²) in [5.74, 6) is 0. The standard InChI is InChI=1S/C13H12BrCl2N3/c14-8-7-18-12-10(16)2-1-9(15)11(12)13(8)19-5-3-17-4-6-19/h1-2,7,17H,3-6H2. The van der Waals surface area contributed by atoms with Gasteiger partial charge in [0.1, 0.15) is 0 Å². The van der Waals surface area contributed by atoms with Crippen LogP contribution in [0.4, 0.5) is 5.69 Å². The van der Waals surface area contributed by atoms with Crippen molar-refractivity contribution in [2.75, 3.05) is 31.1 Å². The van der Waals surface area contributed by atoms with Gasteiger partial charge in [-0.25, -0.2) is 0 Å². The fraction of sp³-hybridized carbons (Fsp3) is 0.308. The summed E-state index contributed by atoms with van der Waals surface area (Å²) >= 11 is 16.2. The van der Waals surface area contributed by atoms with Crippen molar-refractivity contribution in [3.05, 3.63) is 32.8 Å². The Morgan fingerprint density at radius 2 is 1.84 bits per heavy atom. The first-order valence-electron chi connectivity index (χ1n) is 6.06. The van der Waals surface area contributed by atoms with Gasteiger partial charge in [-0.3, -0.25) is 4.98 Å². The Balaban J connectivity index is 2.26. The normalized spacial score (nSPS) is 16.1. The number of rotatable bonds is 1. The number of halogens is 3. The molecule has 1 aliphatic heterocycles. The van der Waals surface area contributed by atoms with Crippen LogP contribution in [0, 0.1) is 0 Å². The lowest BCUT2D eigenvalue weighted by Crippen LogP contribution is -2.43. The van der Waals surface area contributed by atoms with Crippen molar-refractivity contribution in [1.29, 1.82) is 0 Å². The maximum Gasteiger partial charge on any atom is 0.0924 e. The van der Waals surface area contributed by atoms with E-state index in [1.807, 2.05) is 6.07 Å². The molecule has 2 aromatic rings. The molecular weight excluding hydrogens is 349 g/mol. The van der Waals surface area contributed by atoms with Gasteiger partial charge in [0, 0.05) is 37.8 Å². The average Bonchev–Trinajstić information content (AvgIpc) is 2.44. The number of aromatic nitrogens is 1. The maximum absolute atomic E-state index is 6.36. The van der Waals surface area contributed by atoms with E-state index >= 15 is 0 Å². The molecule has 19 heavy (non-hydrogen) atoms. The van der Waals surface area contributed by atoms with Gasteiger partial charge in [0.15, 0.2) is 0 Å². The Morgan fingerprint density at radius 1 is 1.16 bits per heavy atom. The molecule has 0 bridgehead atoms. The molecule has 0 amide bonds. The van der Waals surface area contributed by atoms with Gasteiger partial charge < -0.3 is 10.2 Å². The average molecular weight is 361 g/mol. The summed E-state index contributed by atoms with van der Waals surface area (Å²) in [5, 5.41) is 5.58. The van der Waals surface area contributed by atoms with Gasteiger partial charge in [-0.2, -0.15) is 0 Å². The smallest absolute Gasteiger partial charge is 0.0924 e. The van der Waals surface area contributed by atoms with Crippen LogP contribution < -0.4 is 10.2 Å². The number of pyridine rings is 1. The molecule has 0 unspecified atom stereocenters. The predicted octanol–water partition coefficient (Wildman–Crippen LogP) is 3.71. The van der Waals surface area contributed by atoms with E-state index in [1.54, 1.807) is 12.3 Å². The molecule has 6 heteroatoms. The molecule has 1 aliphatic rings. The van der Waals surface area contributed by atoms with Crippen LogP contribution in [0.2, 0.25) is 10.0 Å². The second kappa shape index (κ2) is 5.44. The molecule has 1 aromatic heterocycles. The fourth-order valence-electron chi connectivity index (χ4n) is 2.39. The second-order valence-electron chi connectivity index (χ2n) is 4.44. The van der Waals surface area contributed by atoms with E-state index in [-0.39, 0.29) is 0 Å². The maximum atomic E-state index is 6.36. The highest BCUT2D eigenvalue weighted by Crippen LogP contribution is 2.39. The second-order valence-corrected chi connectivity index (χ2v) is 6.11. The molecule has 0 saturated carbocycles. The quantitative estimate of drug-likeness (QED) is 0.840. The number of hydrogen-bond acceptors (Lipinski definition) is 3. The first-order valence-corrected chi connectivity index (χ1v) is 7.61. The number of anilines is 1. The number of nitrogens with one attached hydrogen (secondary N) is 1. The van der Waals surface area contributed by atoms with Gasteiger partial charge in [0.05, 0.1) is 25.7 Å². The van der Waals surface area contributed by atoms with Crippen molar-refractivity contribution in [3.8, 4) is 0 Å². The first-order chi connectivity index (χ1) is 9.18. The van der Waals surface area contributed by atoms with Crippen LogP contribution in [-0.2, 0) is 0 Å². The molecular formula is C13H12BrCl2N3. The highest BCUT2D eigenvalue weighted by Gasteiger charge is 2.19. The molecule has 0 atom stereocenters. The van der Waals surface area contributed by atoms with Crippen LogP contribution in [0.3, 0.4) is 0 Å². The lowest BCUT2D eigenvalue weighted by molar-refractivity contribution is 0.589. The molecule has 3 rings (SSSR count). The first kappa shape index (κ1) is 13.4. The minimum absolute atomic E-state index is 0.628. The highest BCUT2D eigenvalue weighted by atomic mass is 79.9. The zero-order chi connectivity index (χ0) is 13.4. The number of nitrogens with zero attached hydrogens (tertiary/aromatic N) is 2. The van der Waals surface area contributed by atoms with Crippen LogP contribution >= 0.6 is 39.1 Å². The molecule has 0 spiro atoms. The molecule has 1 fully saturated rings. The lowest BCUT2D eigenvalue weighted by Gasteiger charge is -2.31. The molecule has 100 valence electrons. The third kappa shape index (κ3) is 2.42. The van der Waals surface area contributed by atoms with E-state index in [9.17, 15) is 0 Å². The summed E-state index contributed by atoms with van der Waals surface area (Å²) in [6.07, 6.45) is 1.79. The van der Waals surface area contributed by atoms with E-state index in [4.69, 9.17) is 23.2 Å². The van der Waals surface area contributed by atoms with Crippen molar-refractivity contribution in [3.63, 3.8) is 0 Å². The molecule has 3 nitrogen and oxygen atoms in total. The van der Waals surface area contributed by atoms with E-state index < -0.39 is 0 Å². The van der Waals surface area contributed by atoms with Gasteiger partial charge in [0.2, 0.25) is 0 Å². The highest BCUT2D eigenvalue weighted by molar-refractivity contribution is 9.10. The molecule has 1 aromatic carbocycles. The molecule has 0 aliphatic carbocycles. The number of hydrogen-bond donors (Lipinski definition) is 1. The number of benzene rings is 1. The van der Waals surface area contributed by atoms with Gasteiger partial charge in [-0.05, 0) is 28.1 Å². The van der Waals surface area contributed by atoms with Crippen LogP contribution in [0.25, 0.3) is 10.9 Å². The van der Waals surface area contributed by atoms with Crippen molar-refractivity contribution in [2.24, 2.45) is 0 Å². The summed E-state index contributed by atoms with van der Waals surface area (Å²) in [6, 6.07) is 3.61. The largest absolute Gasteiger partial charge is 0.367 e. The monoisotopic (exact) mass is 359 g/mol. The Kier molecular flexibility index (Phi) is 3.85. The summed E-state index contributed by atoms with van der Waals surface area (Å²) in [5.41, 5.74) is 1.84. The number of piperazine rings is 1. The van der Waals surface area contributed by atoms with Gasteiger partial charge in [-0.15, -0.1) is 0 Å². The van der Waals surface area contributed by atoms with Crippen molar-refractivity contribution < 1.29 is 0 Å². The van der Waals surface area contributed by atoms with Crippen LogP contribution in [0.5, 0.6) is 0 Å². The van der Waals surface area contributed by atoms with Crippen LogP contribution in [0.15, 0.2) is 22.8 Å². The van der Waals surface area contributed by atoms with E-state index in [1.165, 1.54) is 0 Å². The zero-order valence-corrected chi connectivity index (χ0v) is 13.2. The fourth-order valence-corrected chi connectivity index (χ4v) is 3.39. The molecule has 2 heterocycles. The summed E-state index contributed by atoms with van der Waals surface area (Å²) < 4.78 is 0.950. The minimum Gasteiger partial charge on any atom is -0.367 e. The van der Waals surface area contributed by atoms with E-state index in [2.05, 4.69) is 31.1 Å². The Hall–Kier alpha value is -0.550. The summed E-state index contributed by atoms with van der Waals surface area (Å²) in [6.45, 7) is 3.82. The Labute approximate surface area is 130 Å². The van der Waals surface area contributed by atoms with Crippen LogP contribution in [0.1, 0.15) is 0 Å². The van der Waals surface area contributed by atoms with Crippen molar-refractivity contribution in [1.82, 2.24) is 10.3 Å². The van der Waals surface area contributed by atoms with Gasteiger partial charge in [0.25, 0.3) is 0 Å². The van der Waals surface area contributed by atoms with Gasteiger partial charge in [-0.1, -0.05) is 23.2 Å². The van der Waals surface area contributed by atoms with Crippen molar-refractivity contribution >= 4 is 55.7 Å².